The predicted octanol–water partition coefficient (Wildman–Crippen LogP) is 2.36. The normalized spacial score (nSPS) is 11.0. The van der Waals surface area contributed by atoms with Crippen molar-refractivity contribution in [3.63, 3.8) is 0 Å². The largest absolute Gasteiger partial charge is 0.419 e. The molecule has 0 bridgehead atoms. The smallest absolute Gasteiger partial charge is 0.408 e. The van der Waals surface area contributed by atoms with Crippen molar-refractivity contribution < 1.29 is 4.42 Å². The van der Waals surface area contributed by atoms with Gasteiger partial charge in [-0.15, -0.1) is 11.8 Å². The van der Waals surface area contributed by atoms with Crippen LogP contribution in [0.1, 0.15) is 0 Å². The van der Waals surface area contributed by atoms with Gasteiger partial charge in [-0.1, -0.05) is 12.1 Å². The highest BCUT2D eigenvalue weighted by Crippen LogP contribution is 2.17. The lowest BCUT2D eigenvalue weighted by Gasteiger charge is -2.02. The summed E-state index contributed by atoms with van der Waals surface area (Å²) in [5.74, 6) is 0.414. The van der Waals surface area contributed by atoms with Crippen LogP contribution in [0.5, 0.6) is 0 Å². The molecular weight excluding hydrogens is 274 g/mol. The Kier molecular flexibility index (Phi) is 3.47. The Labute approximate surface area is 119 Å². The van der Waals surface area contributed by atoms with Crippen LogP contribution in [0.2, 0.25) is 0 Å². The Balaban J connectivity index is 1.72. The molecule has 6 heteroatoms. The molecule has 3 aromatic rings. The van der Waals surface area contributed by atoms with Crippen LogP contribution >= 0.6 is 11.8 Å². The minimum atomic E-state index is -0.322. The number of nitrogens with zero attached hydrogens (tertiary/aromatic N) is 2. The summed E-state index contributed by atoms with van der Waals surface area (Å²) in [5, 5.41) is 0.889. The number of aryl methyl sites for hydroxylation is 1. The fourth-order valence-corrected chi connectivity index (χ4v) is 2.72. The molecule has 0 saturated heterocycles. The second-order valence-electron chi connectivity index (χ2n) is 4.27. The van der Waals surface area contributed by atoms with Gasteiger partial charge in [-0.3, -0.25) is 4.57 Å². The van der Waals surface area contributed by atoms with Crippen molar-refractivity contribution in [1.82, 2.24) is 9.55 Å². The molecule has 3 rings (SSSR count). The molecule has 0 saturated carbocycles. The summed E-state index contributed by atoms with van der Waals surface area (Å²) in [6.45, 7) is 0.576. The summed E-state index contributed by atoms with van der Waals surface area (Å²) in [7, 11) is 0. The molecule has 1 aromatic carbocycles. The Morgan fingerprint density at radius 1 is 1.25 bits per heavy atom. The van der Waals surface area contributed by atoms with Crippen molar-refractivity contribution in [3.8, 4) is 0 Å². The SMILES string of the molecule is Nc1ccc(SCCn2c(=O)oc3ccccc32)nc1. The molecule has 0 aliphatic heterocycles. The lowest BCUT2D eigenvalue weighted by Crippen LogP contribution is -2.15. The number of hydrogen-bond acceptors (Lipinski definition) is 5. The van der Waals surface area contributed by atoms with E-state index in [9.17, 15) is 4.79 Å². The van der Waals surface area contributed by atoms with E-state index in [4.69, 9.17) is 10.2 Å². The topological polar surface area (TPSA) is 74.0 Å². The standard InChI is InChI=1S/C14H13N3O2S/c15-10-5-6-13(16-9-10)20-8-7-17-11-3-1-2-4-12(11)19-14(17)18/h1-6,9H,7-8,15H2. The van der Waals surface area contributed by atoms with Gasteiger partial charge >= 0.3 is 5.76 Å². The first kappa shape index (κ1) is 12.8. The summed E-state index contributed by atoms with van der Waals surface area (Å²) in [5.41, 5.74) is 7.67. The average molecular weight is 287 g/mol. The number of hydrogen-bond donors (Lipinski definition) is 1. The number of oxazole rings is 1. The molecule has 2 aromatic heterocycles. The van der Waals surface area contributed by atoms with Gasteiger partial charge in [0.2, 0.25) is 0 Å². The Bertz CT molecular complexity index is 777. The maximum atomic E-state index is 11.8. The second kappa shape index (κ2) is 5.42. The fraction of sp³-hybridized carbons (Fsp3) is 0.143. The van der Waals surface area contributed by atoms with Crippen LogP contribution in [0.15, 0.2) is 56.8 Å². The molecule has 2 N–H and O–H groups in total. The van der Waals surface area contributed by atoms with Gasteiger partial charge in [0.15, 0.2) is 5.58 Å². The van der Waals surface area contributed by atoms with Crippen LogP contribution in [0.3, 0.4) is 0 Å². The van der Waals surface area contributed by atoms with Gasteiger partial charge in [-0.05, 0) is 24.3 Å². The van der Waals surface area contributed by atoms with E-state index in [2.05, 4.69) is 4.98 Å². The zero-order valence-corrected chi connectivity index (χ0v) is 11.5. The summed E-state index contributed by atoms with van der Waals surface area (Å²) < 4.78 is 6.82. The molecule has 20 heavy (non-hydrogen) atoms. The van der Waals surface area contributed by atoms with Gasteiger partial charge in [0.05, 0.1) is 22.4 Å². The van der Waals surface area contributed by atoms with Crippen LogP contribution in [0.25, 0.3) is 11.1 Å². The second-order valence-corrected chi connectivity index (χ2v) is 5.38. The average Bonchev–Trinajstić information content (AvgIpc) is 2.77. The minimum absolute atomic E-state index is 0.322. The van der Waals surface area contributed by atoms with Crippen LogP contribution < -0.4 is 11.5 Å². The molecule has 0 amide bonds. The fourth-order valence-electron chi connectivity index (χ4n) is 1.94. The van der Waals surface area contributed by atoms with Crippen molar-refractivity contribution >= 4 is 28.5 Å². The third kappa shape index (κ3) is 2.55. The minimum Gasteiger partial charge on any atom is -0.408 e. The lowest BCUT2D eigenvalue weighted by molar-refractivity contribution is 0.514. The van der Waals surface area contributed by atoms with E-state index < -0.39 is 0 Å². The number of nitrogens with two attached hydrogens (primary N) is 1. The Morgan fingerprint density at radius 3 is 2.90 bits per heavy atom. The van der Waals surface area contributed by atoms with E-state index >= 15 is 0 Å². The van der Waals surface area contributed by atoms with Gasteiger partial charge in [-0.25, -0.2) is 9.78 Å². The van der Waals surface area contributed by atoms with Crippen LogP contribution in [-0.2, 0) is 6.54 Å². The summed E-state index contributed by atoms with van der Waals surface area (Å²) >= 11 is 1.58. The molecule has 0 aliphatic carbocycles. The number of thioether (sulfide) groups is 1. The van der Waals surface area contributed by atoms with Gasteiger partial charge in [0, 0.05) is 12.3 Å². The highest BCUT2D eigenvalue weighted by atomic mass is 32.2. The van der Waals surface area contributed by atoms with Crippen LogP contribution in [0, 0.1) is 0 Å². The van der Waals surface area contributed by atoms with E-state index in [0.717, 1.165) is 16.3 Å². The Hall–Kier alpha value is -2.21. The zero-order chi connectivity index (χ0) is 13.9. The third-order valence-electron chi connectivity index (χ3n) is 2.90. The van der Waals surface area contributed by atoms with Crippen molar-refractivity contribution in [2.24, 2.45) is 0 Å². The summed E-state index contributed by atoms with van der Waals surface area (Å²) in [6, 6.07) is 11.1. The van der Waals surface area contributed by atoms with E-state index in [1.54, 1.807) is 28.6 Å². The van der Waals surface area contributed by atoms with Gasteiger partial charge in [-0.2, -0.15) is 0 Å². The van der Waals surface area contributed by atoms with Crippen molar-refractivity contribution in [2.45, 2.75) is 11.6 Å². The Morgan fingerprint density at radius 2 is 2.10 bits per heavy atom. The molecule has 102 valence electrons. The zero-order valence-electron chi connectivity index (χ0n) is 10.7. The molecule has 2 heterocycles. The number of para-hydroxylation sites is 2. The van der Waals surface area contributed by atoms with E-state index in [1.807, 2.05) is 30.3 Å². The first-order valence-electron chi connectivity index (χ1n) is 6.17. The molecule has 0 fully saturated rings. The molecule has 0 aliphatic rings. The monoisotopic (exact) mass is 287 g/mol. The number of nitrogen functional groups attached to an aromatic ring is 1. The maximum absolute atomic E-state index is 11.8. The molecule has 5 nitrogen and oxygen atoms in total. The molecule has 0 unspecified atom stereocenters. The lowest BCUT2D eigenvalue weighted by atomic mass is 10.3. The number of aromatic nitrogens is 2. The first-order valence-corrected chi connectivity index (χ1v) is 7.15. The molecular formula is C14H13N3O2S. The van der Waals surface area contributed by atoms with Crippen LogP contribution in [0.4, 0.5) is 5.69 Å². The number of benzene rings is 1. The number of rotatable bonds is 4. The van der Waals surface area contributed by atoms with Gasteiger partial charge in [0.1, 0.15) is 0 Å². The highest BCUT2D eigenvalue weighted by Gasteiger charge is 2.08. The van der Waals surface area contributed by atoms with Gasteiger partial charge < -0.3 is 10.2 Å². The van der Waals surface area contributed by atoms with Gasteiger partial charge in [0.25, 0.3) is 0 Å². The quantitative estimate of drug-likeness (QED) is 0.746. The number of fused-ring (bicyclic) bond motifs is 1. The molecule has 0 spiro atoms. The molecule has 0 atom stereocenters. The van der Waals surface area contributed by atoms with E-state index in [-0.39, 0.29) is 5.76 Å². The summed E-state index contributed by atoms with van der Waals surface area (Å²) in [6.07, 6.45) is 1.63. The number of anilines is 1. The molecule has 0 radical (unpaired) electrons. The summed E-state index contributed by atoms with van der Waals surface area (Å²) in [4.78, 5) is 16.0. The predicted molar refractivity (Wildman–Crippen MR) is 79.8 cm³/mol. The van der Waals surface area contributed by atoms with Crippen molar-refractivity contribution in [1.29, 1.82) is 0 Å². The third-order valence-corrected chi connectivity index (χ3v) is 3.82. The maximum Gasteiger partial charge on any atom is 0.419 e. The number of pyridine rings is 1. The first-order chi connectivity index (χ1) is 9.74. The van der Waals surface area contributed by atoms with E-state index in [0.29, 0.717) is 17.8 Å². The van der Waals surface area contributed by atoms with Crippen molar-refractivity contribution in [3.05, 3.63) is 53.1 Å². The van der Waals surface area contributed by atoms with Crippen molar-refractivity contribution in [2.75, 3.05) is 11.5 Å². The van der Waals surface area contributed by atoms with E-state index in [1.165, 1.54) is 0 Å². The van der Waals surface area contributed by atoms with Crippen LogP contribution in [-0.4, -0.2) is 15.3 Å². The highest BCUT2D eigenvalue weighted by molar-refractivity contribution is 7.99.